The van der Waals surface area contributed by atoms with Gasteiger partial charge in [-0.2, -0.15) is 0 Å². The third-order valence-corrected chi connectivity index (χ3v) is 2.62. The summed E-state index contributed by atoms with van der Waals surface area (Å²) in [6.07, 6.45) is 1.61. The molecule has 2 rings (SSSR count). The van der Waals surface area contributed by atoms with Crippen molar-refractivity contribution in [3.05, 3.63) is 40.2 Å². The molecule has 0 unspecified atom stereocenters. The summed E-state index contributed by atoms with van der Waals surface area (Å²) in [5.41, 5.74) is 1.45. The van der Waals surface area contributed by atoms with Crippen LogP contribution in [0.4, 0.5) is 5.69 Å². The maximum absolute atomic E-state index is 10.9. The number of nitrogens with zero attached hydrogens (tertiary/aromatic N) is 4. The number of aryl methyl sites for hydroxylation is 2. The fourth-order valence-electron chi connectivity index (χ4n) is 1.66. The fourth-order valence-corrected chi connectivity index (χ4v) is 1.66. The number of benzene rings is 1. The first-order chi connectivity index (χ1) is 8.13. The van der Waals surface area contributed by atoms with Crippen LogP contribution < -0.4 is 0 Å². The van der Waals surface area contributed by atoms with Gasteiger partial charge in [-0.25, -0.2) is 0 Å². The van der Waals surface area contributed by atoms with E-state index in [1.54, 1.807) is 19.3 Å². The summed E-state index contributed by atoms with van der Waals surface area (Å²) in [6, 6.07) is 5.08. The van der Waals surface area contributed by atoms with Gasteiger partial charge in [0.05, 0.1) is 4.92 Å². The highest BCUT2D eigenvalue weighted by molar-refractivity contribution is 5.61. The predicted molar refractivity (Wildman–Crippen MR) is 62.5 cm³/mol. The summed E-state index contributed by atoms with van der Waals surface area (Å²) in [5, 5.41) is 18.6. The van der Waals surface area contributed by atoms with Crippen molar-refractivity contribution in [2.24, 2.45) is 0 Å². The molecule has 1 heterocycles. The highest BCUT2D eigenvalue weighted by atomic mass is 16.6. The van der Waals surface area contributed by atoms with E-state index in [-0.39, 0.29) is 10.6 Å². The molecule has 0 amide bonds. The van der Waals surface area contributed by atoms with Crippen molar-refractivity contribution in [1.82, 2.24) is 14.8 Å². The second kappa shape index (κ2) is 4.32. The van der Waals surface area contributed by atoms with E-state index in [0.717, 1.165) is 6.54 Å². The SMILES string of the molecule is CCn1cnnc1-c1ccc(C)c([N+](=O)[O-])c1. The van der Waals surface area contributed by atoms with Crippen molar-refractivity contribution in [2.45, 2.75) is 20.4 Å². The molecule has 6 heteroatoms. The maximum atomic E-state index is 10.9. The van der Waals surface area contributed by atoms with Crippen LogP contribution in [0.1, 0.15) is 12.5 Å². The molecule has 1 aromatic heterocycles. The van der Waals surface area contributed by atoms with Crippen molar-refractivity contribution in [2.75, 3.05) is 0 Å². The molecule has 17 heavy (non-hydrogen) atoms. The number of hydrogen-bond donors (Lipinski definition) is 0. The summed E-state index contributed by atoms with van der Waals surface area (Å²) in [7, 11) is 0. The minimum absolute atomic E-state index is 0.105. The van der Waals surface area contributed by atoms with Crippen LogP contribution in [0.15, 0.2) is 24.5 Å². The van der Waals surface area contributed by atoms with Gasteiger partial charge < -0.3 is 4.57 Å². The van der Waals surface area contributed by atoms with Crippen LogP contribution in [0.5, 0.6) is 0 Å². The smallest absolute Gasteiger partial charge is 0.273 e. The Hall–Kier alpha value is -2.24. The van der Waals surface area contributed by atoms with Crippen molar-refractivity contribution in [1.29, 1.82) is 0 Å². The molecule has 0 fully saturated rings. The molecule has 0 saturated carbocycles. The Morgan fingerprint density at radius 2 is 2.24 bits per heavy atom. The molecule has 0 aliphatic rings. The number of rotatable bonds is 3. The Kier molecular flexibility index (Phi) is 2.86. The zero-order chi connectivity index (χ0) is 12.4. The van der Waals surface area contributed by atoms with Crippen molar-refractivity contribution in [3.8, 4) is 11.4 Å². The predicted octanol–water partition coefficient (Wildman–Crippen LogP) is 2.18. The van der Waals surface area contributed by atoms with Crippen LogP contribution in [0.3, 0.4) is 0 Å². The standard InChI is InChI=1S/C11H12N4O2/c1-3-14-7-12-13-11(14)9-5-4-8(2)10(6-9)15(16)17/h4-7H,3H2,1-2H3. The summed E-state index contributed by atoms with van der Waals surface area (Å²) in [4.78, 5) is 10.5. The van der Waals surface area contributed by atoms with Crippen LogP contribution in [-0.2, 0) is 6.54 Å². The molecule has 0 bridgehead atoms. The topological polar surface area (TPSA) is 73.8 Å². The van der Waals surface area contributed by atoms with Gasteiger partial charge in [0.2, 0.25) is 0 Å². The highest BCUT2D eigenvalue weighted by Gasteiger charge is 2.14. The van der Waals surface area contributed by atoms with Gasteiger partial charge in [-0.1, -0.05) is 12.1 Å². The third-order valence-electron chi connectivity index (χ3n) is 2.62. The van der Waals surface area contributed by atoms with Gasteiger partial charge in [-0.15, -0.1) is 10.2 Å². The van der Waals surface area contributed by atoms with Crippen LogP contribution >= 0.6 is 0 Å². The largest absolute Gasteiger partial charge is 0.314 e. The average molecular weight is 232 g/mol. The Labute approximate surface area is 98.1 Å². The van der Waals surface area contributed by atoms with Gasteiger partial charge in [-0.05, 0) is 13.8 Å². The molecule has 6 nitrogen and oxygen atoms in total. The van der Waals surface area contributed by atoms with Gasteiger partial charge >= 0.3 is 0 Å². The summed E-state index contributed by atoms with van der Waals surface area (Å²) < 4.78 is 1.84. The highest BCUT2D eigenvalue weighted by Crippen LogP contribution is 2.25. The van der Waals surface area contributed by atoms with Crippen LogP contribution in [0.25, 0.3) is 11.4 Å². The van der Waals surface area contributed by atoms with Gasteiger partial charge in [0.15, 0.2) is 5.82 Å². The number of hydrogen-bond acceptors (Lipinski definition) is 4. The Balaban J connectivity index is 2.54. The zero-order valence-electron chi connectivity index (χ0n) is 9.62. The Bertz CT molecular complexity index is 562. The van der Waals surface area contributed by atoms with Crippen LogP contribution in [0.2, 0.25) is 0 Å². The second-order valence-corrected chi connectivity index (χ2v) is 3.70. The van der Waals surface area contributed by atoms with E-state index in [1.165, 1.54) is 6.07 Å². The lowest BCUT2D eigenvalue weighted by atomic mass is 10.1. The number of aromatic nitrogens is 3. The van der Waals surface area contributed by atoms with Crippen molar-refractivity contribution in [3.63, 3.8) is 0 Å². The monoisotopic (exact) mass is 232 g/mol. The van der Waals surface area contributed by atoms with Crippen LogP contribution in [0, 0.1) is 17.0 Å². The fraction of sp³-hybridized carbons (Fsp3) is 0.273. The lowest BCUT2D eigenvalue weighted by molar-refractivity contribution is -0.385. The third kappa shape index (κ3) is 2.01. The molecule has 0 saturated heterocycles. The molecular weight excluding hydrogens is 220 g/mol. The first-order valence-corrected chi connectivity index (χ1v) is 5.26. The lowest BCUT2D eigenvalue weighted by Crippen LogP contribution is -1.98. The van der Waals surface area contributed by atoms with E-state index < -0.39 is 0 Å². The molecule has 2 aromatic rings. The quantitative estimate of drug-likeness (QED) is 0.600. The number of nitro groups is 1. The first kappa shape index (κ1) is 11.3. The molecule has 88 valence electrons. The van der Waals surface area contributed by atoms with Gasteiger partial charge in [0.1, 0.15) is 6.33 Å². The van der Waals surface area contributed by atoms with Crippen LogP contribution in [-0.4, -0.2) is 19.7 Å². The summed E-state index contributed by atoms with van der Waals surface area (Å²) in [5.74, 6) is 0.649. The van der Waals surface area contributed by atoms with E-state index in [4.69, 9.17) is 0 Å². The maximum Gasteiger partial charge on any atom is 0.273 e. The zero-order valence-corrected chi connectivity index (χ0v) is 9.62. The first-order valence-electron chi connectivity index (χ1n) is 5.26. The van der Waals surface area contributed by atoms with Gasteiger partial charge in [0.25, 0.3) is 5.69 Å². The van der Waals surface area contributed by atoms with Crippen molar-refractivity contribution < 1.29 is 4.92 Å². The van der Waals surface area contributed by atoms with E-state index in [2.05, 4.69) is 10.2 Å². The molecule has 0 radical (unpaired) electrons. The van der Waals surface area contributed by atoms with E-state index >= 15 is 0 Å². The lowest BCUT2D eigenvalue weighted by Gasteiger charge is -2.04. The summed E-state index contributed by atoms with van der Waals surface area (Å²) in [6.45, 7) is 4.41. The molecule has 0 N–H and O–H groups in total. The molecule has 0 spiro atoms. The normalized spacial score (nSPS) is 10.5. The molecule has 0 aliphatic heterocycles. The average Bonchev–Trinajstić information content (AvgIpc) is 2.77. The van der Waals surface area contributed by atoms with Gasteiger partial charge in [0, 0.05) is 23.7 Å². The number of nitro benzene ring substituents is 1. The van der Waals surface area contributed by atoms with E-state index in [1.807, 2.05) is 17.6 Å². The Morgan fingerprint density at radius 3 is 2.88 bits per heavy atom. The van der Waals surface area contributed by atoms with Crippen molar-refractivity contribution >= 4 is 5.69 Å². The Morgan fingerprint density at radius 1 is 1.47 bits per heavy atom. The molecule has 0 aliphatic carbocycles. The summed E-state index contributed by atoms with van der Waals surface area (Å²) >= 11 is 0. The van der Waals surface area contributed by atoms with Gasteiger partial charge in [-0.3, -0.25) is 10.1 Å². The minimum atomic E-state index is -0.383. The van der Waals surface area contributed by atoms with E-state index in [0.29, 0.717) is 17.0 Å². The van der Waals surface area contributed by atoms with E-state index in [9.17, 15) is 10.1 Å². The second-order valence-electron chi connectivity index (χ2n) is 3.70. The minimum Gasteiger partial charge on any atom is -0.314 e. The molecule has 1 aromatic carbocycles. The molecular formula is C11H12N4O2. The molecule has 0 atom stereocenters.